The number of methoxy groups -OCH3 is 1. The van der Waals surface area contributed by atoms with Crippen molar-refractivity contribution in [3.8, 4) is 0 Å². The minimum Gasteiger partial charge on any atom is -0.463 e. The summed E-state index contributed by atoms with van der Waals surface area (Å²) >= 11 is 13.7. The van der Waals surface area contributed by atoms with Crippen molar-refractivity contribution in [1.82, 2.24) is 14.3 Å². The molecule has 1 aliphatic rings. The minimum absolute atomic E-state index is 0.0312. The number of esters is 1. The van der Waals surface area contributed by atoms with E-state index >= 15 is 0 Å². The van der Waals surface area contributed by atoms with Gasteiger partial charge in [-0.3, -0.25) is 0 Å². The third-order valence-corrected chi connectivity index (χ3v) is 8.46. The summed E-state index contributed by atoms with van der Waals surface area (Å²) in [5.41, 5.74) is 0.642. The van der Waals surface area contributed by atoms with Gasteiger partial charge in [0.25, 0.3) is 0 Å². The zero-order chi connectivity index (χ0) is 21.5. The highest BCUT2D eigenvalue weighted by Crippen LogP contribution is 2.33. The number of piperazine rings is 1. The monoisotopic (exact) mass is 486 g/mol. The summed E-state index contributed by atoms with van der Waals surface area (Å²) < 4.78 is 33.1. The van der Waals surface area contributed by atoms with Crippen LogP contribution in [-0.4, -0.2) is 61.9 Å². The second-order valence-corrected chi connectivity index (χ2v) is 10.0. The van der Waals surface area contributed by atoms with E-state index < -0.39 is 16.0 Å². The number of ether oxygens (including phenoxy) is 1. The third kappa shape index (κ3) is 3.74. The Morgan fingerprint density at radius 1 is 1.10 bits per heavy atom. The van der Waals surface area contributed by atoms with Crippen LogP contribution in [-0.2, 0) is 14.8 Å². The molecular formula is C18H16Cl2N4O4S2. The molecular weight excluding hydrogens is 471 g/mol. The van der Waals surface area contributed by atoms with E-state index in [1.807, 2.05) is 10.3 Å². The summed E-state index contributed by atoms with van der Waals surface area (Å²) in [6, 6.07) is 6.40. The number of rotatable bonds is 4. The van der Waals surface area contributed by atoms with E-state index in [0.717, 1.165) is 4.70 Å². The van der Waals surface area contributed by atoms with E-state index in [2.05, 4.69) is 9.97 Å². The summed E-state index contributed by atoms with van der Waals surface area (Å²) in [7, 11) is -2.58. The predicted octanol–water partition coefficient (Wildman–Crippen LogP) is 3.30. The van der Waals surface area contributed by atoms with Gasteiger partial charge in [0.05, 0.1) is 27.4 Å². The number of benzene rings is 1. The first-order valence-corrected chi connectivity index (χ1v) is 11.9. The highest BCUT2D eigenvalue weighted by molar-refractivity contribution is 7.89. The number of thiophene rings is 1. The first-order chi connectivity index (χ1) is 14.3. The molecule has 0 amide bonds. The smallest absolute Gasteiger partial charge is 0.376 e. The van der Waals surface area contributed by atoms with Crippen molar-refractivity contribution in [2.45, 2.75) is 4.90 Å². The maximum absolute atomic E-state index is 13.1. The van der Waals surface area contributed by atoms with Gasteiger partial charge in [-0.15, -0.1) is 11.3 Å². The quantitative estimate of drug-likeness (QED) is 0.522. The number of hydrogen-bond donors (Lipinski definition) is 0. The second-order valence-electron chi connectivity index (χ2n) is 6.44. The average molecular weight is 487 g/mol. The summed E-state index contributed by atoms with van der Waals surface area (Å²) in [5, 5.41) is 2.04. The van der Waals surface area contributed by atoms with Gasteiger partial charge in [-0.25, -0.2) is 23.2 Å². The van der Waals surface area contributed by atoms with Crippen LogP contribution in [0.15, 0.2) is 34.5 Å². The van der Waals surface area contributed by atoms with E-state index in [-0.39, 0.29) is 33.9 Å². The molecule has 0 spiro atoms. The van der Waals surface area contributed by atoms with Crippen LogP contribution in [0.2, 0.25) is 10.0 Å². The summed E-state index contributed by atoms with van der Waals surface area (Å²) in [6.07, 6.45) is 0. The van der Waals surface area contributed by atoms with E-state index in [1.54, 1.807) is 12.1 Å². The summed E-state index contributed by atoms with van der Waals surface area (Å²) in [5.74, 6) is -0.0709. The molecule has 1 fully saturated rings. The van der Waals surface area contributed by atoms with E-state index in [1.165, 1.54) is 34.9 Å². The Balaban J connectivity index is 1.61. The van der Waals surface area contributed by atoms with Crippen molar-refractivity contribution in [3.63, 3.8) is 0 Å². The highest BCUT2D eigenvalue weighted by atomic mass is 35.5. The van der Waals surface area contributed by atoms with Gasteiger partial charge in [0.1, 0.15) is 4.90 Å². The van der Waals surface area contributed by atoms with Crippen molar-refractivity contribution in [2.24, 2.45) is 0 Å². The van der Waals surface area contributed by atoms with Crippen LogP contribution in [0.5, 0.6) is 0 Å². The number of carbonyl (C=O) groups is 1. The molecule has 0 N–H and O–H groups in total. The number of carbonyl (C=O) groups excluding carboxylic acids is 1. The number of sulfonamides is 1. The fourth-order valence-corrected chi connectivity index (χ4v) is 6.60. The van der Waals surface area contributed by atoms with E-state index in [4.69, 9.17) is 27.9 Å². The van der Waals surface area contributed by atoms with Crippen molar-refractivity contribution < 1.29 is 17.9 Å². The van der Waals surface area contributed by atoms with Gasteiger partial charge in [-0.05, 0) is 23.6 Å². The lowest BCUT2D eigenvalue weighted by Gasteiger charge is -2.35. The molecule has 0 unspecified atom stereocenters. The molecule has 1 aliphatic heterocycles. The van der Waals surface area contributed by atoms with E-state index in [9.17, 15) is 13.2 Å². The number of hydrogen-bond acceptors (Lipinski definition) is 8. The molecule has 0 saturated carbocycles. The molecule has 0 atom stereocenters. The van der Waals surface area contributed by atoms with Gasteiger partial charge in [0.2, 0.25) is 15.8 Å². The van der Waals surface area contributed by atoms with Gasteiger partial charge in [0, 0.05) is 26.2 Å². The number of fused-ring (bicyclic) bond motifs is 1. The lowest BCUT2D eigenvalue weighted by molar-refractivity contribution is 0.0587. The lowest BCUT2D eigenvalue weighted by Crippen LogP contribution is -2.49. The molecule has 4 rings (SSSR count). The van der Waals surface area contributed by atoms with Gasteiger partial charge in [-0.1, -0.05) is 29.3 Å². The maximum Gasteiger partial charge on any atom is 0.376 e. The first kappa shape index (κ1) is 21.3. The number of nitrogens with zero attached hydrogens (tertiary/aromatic N) is 4. The number of anilines is 1. The van der Waals surface area contributed by atoms with Gasteiger partial charge >= 0.3 is 5.97 Å². The van der Waals surface area contributed by atoms with Crippen molar-refractivity contribution >= 4 is 66.6 Å². The number of halogens is 2. The van der Waals surface area contributed by atoms with Crippen LogP contribution < -0.4 is 4.90 Å². The molecule has 0 radical (unpaired) electrons. The first-order valence-electron chi connectivity index (χ1n) is 8.85. The Morgan fingerprint density at radius 3 is 2.40 bits per heavy atom. The Bertz CT molecular complexity index is 1200. The molecule has 1 saturated heterocycles. The Labute approximate surface area is 187 Å². The summed E-state index contributed by atoms with van der Waals surface area (Å²) in [6.45, 7) is 1.19. The van der Waals surface area contributed by atoms with Gasteiger partial charge < -0.3 is 9.64 Å². The molecule has 1 aromatic carbocycles. The Hall–Kier alpha value is -1.98. The van der Waals surface area contributed by atoms with Crippen LogP contribution in [0.3, 0.4) is 0 Å². The van der Waals surface area contributed by atoms with Crippen LogP contribution in [0.25, 0.3) is 10.2 Å². The van der Waals surface area contributed by atoms with E-state index in [0.29, 0.717) is 24.4 Å². The molecule has 3 heterocycles. The number of aromatic nitrogens is 2. The van der Waals surface area contributed by atoms with Crippen LogP contribution in [0.4, 0.5) is 5.82 Å². The van der Waals surface area contributed by atoms with Crippen LogP contribution in [0.1, 0.15) is 10.6 Å². The minimum atomic E-state index is -3.85. The second kappa shape index (κ2) is 8.27. The van der Waals surface area contributed by atoms with Crippen LogP contribution in [0, 0.1) is 0 Å². The third-order valence-electron chi connectivity index (χ3n) is 4.71. The molecule has 3 aromatic rings. The molecule has 2 aromatic heterocycles. The van der Waals surface area contributed by atoms with Crippen molar-refractivity contribution in [3.05, 3.63) is 45.5 Å². The van der Waals surface area contributed by atoms with Gasteiger partial charge in [-0.2, -0.15) is 4.31 Å². The van der Waals surface area contributed by atoms with Crippen LogP contribution >= 0.6 is 34.5 Å². The molecule has 30 heavy (non-hydrogen) atoms. The standard InChI is InChI=1S/C18H16Cl2N4O4S2/c1-28-18(25)16-21-13-5-10-29-14(13)17(22-16)23-6-8-24(9-7-23)30(26,27)15-11(19)3-2-4-12(15)20/h2-5,10H,6-9H2,1H3. The lowest BCUT2D eigenvalue weighted by atomic mass is 10.3. The zero-order valence-corrected chi connectivity index (χ0v) is 18.9. The topological polar surface area (TPSA) is 92.7 Å². The molecule has 0 bridgehead atoms. The highest BCUT2D eigenvalue weighted by Gasteiger charge is 2.33. The molecule has 158 valence electrons. The SMILES string of the molecule is COC(=O)c1nc(N2CCN(S(=O)(=O)c3c(Cl)cccc3Cl)CC2)c2sccc2n1. The average Bonchev–Trinajstić information content (AvgIpc) is 3.21. The summed E-state index contributed by atoms with van der Waals surface area (Å²) in [4.78, 5) is 22.4. The fraction of sp³-hybridized carbons (Fsp3) is 0.278. The maximum atomic E-state index is 13.1. The Morgan fingerprint density at radius 2 is 1.77 bits per heavy atom. The van der Waals surface area contributed by atoms with Crippen molar-refractivity contribution in [2.75, 3.05) is 38.2 Å². The predicted molar refractivity (Wildman–Crippen MR) is 116 cm³/mol. The molecule has 8 nitrogen and oxygen atoms in total. The molecule has 12 heteroatoms. The normalized spacial score (nSPS) is 15.5. The van der Waals surface area contributed by atoms with Crippen molar-refractivity contribution in [1.29, 1.82) is 0 Å². The largest absolute Gasteiger partial charge is 0.463 e. The fourth-order valence-electron chi connectivity index (χ4n) is 3.24. The Kier molecular flexibility index (Phi) is 5.86. The van der Waals surface area contributed by atoms with Gasteiger partial charge in [0.15, 0.2) is 5.82 Å². The molecule has 0 aliphatic carbocycles. The zero-order valence-electron chi connectivity index (χ0n) is 15.7.